The van der Waals surface area contributed by atoms with Gasteiger partial charge in [-0.05, 0) is 69.6 Å². The minimum Gasteiger partial charge on any atom is -0.444 e. The molecule has 0 spiro atoms. The lowest BCUT2D eigenvalue weighted by Gasteiger charge is -2.30. The van der Waals surface area contributed by atoms with Crippen LogP contribution in [0.3, 0.4) is 0 Å². The van der Waals surface area contributed by atoms with Crippen LogP contribution in [0.15, 0.2) is 24.3 Å². The molecule has 7 heteroatoms. The largest absolute Gasteiger partial charge is 0.444 e. The van der Waals surface area contributed by atoms with Crippen LogP contribution in [0.5, 0.6) is 0 Å². The number of nitrogens with two attached hydrogens (primary N) is 1. The van der Waals surface area contributed by atoms with E-state index in [-0.39, 0.29) is 18.6 Å². The zero-order valence-corrected chi connectivity index (χ0v) is 17.7. The summed E-state index contributed by atoms with van der Waals surface area (Å²) in [7, 11) is 0. The highest BCUT2D eigenvalue weighted by Gasteiger charge is 2.26. The second kappa shape index (κ2) is 10.6. The van der Waals surface area contributed by atoms with Crippen molar-refractivity contribution in [3.05, 3.63) is 29.8 Å². The van der Waals surface area contributed by atoms with Gasteiger partial charge in [-0.2, -0.15) is 0 Å². The molecule has 2 amide bonds. The molecule has 1 unspecified atom stereocenters. The smallest absolute Gasteiger partial charge is 0.407 e. The first-order chi connectivity index (χ1) is 13.7. The van der Waals surface area contributed by atoms with Crippen molar-refractivity contribution in [2.45, 2.75) is 71.1 Å². The molecular formula is C22H35N3O4. The minimum atomic E-state index is -0.547. The molecule has 29 heavy (non-hydrogen) atoms. The molecule has 0 bridgehead atoms. The Labute approximate surface area is 173 Å². The first-order valence-corrected chi connectivity index (χ1v) is 10.4. The Morgan fingerprint density at radius 1 is 1.14 bits per heavy atom. The predicted molar refractivity (Wildman–Crippen MR) is 113 cm³/mol. The lowest BCUT2D eigenvalue weighted by Crippen LogP contribution is -2.39. The SMILES string of the molecule is CC(C)(C)OC(=O)NC[C@H]1CC[C@H](CC(N)C(=O)Nc2ccc(CO)cc2)CC1. The number of carbonyl (C=O) groups excluding carboxylic acids is 2. The second-order valence-corrected chi connectivity index (χ2v) is 8.96. The molecule has 7 nitrogen and oxygen atoms in total. The van der Waals surface area contributed by atoms with Gasteiger partial charge in [0.1, 0.15) is 5.60 Å². The number of amides is 2. The molecule has 0 aromatic heterocycles. The van der Waals surface area contributed by atoms with Crippen molar-refractivity contribution < 1.29 is 19.4 Å². The van der Waals surface area contributed by atoms with E-state index in [0.717, 1.165) is 31.2 Å². The standard InChI is InChI=1S/C22H35N3O4/c1-22(2,3)29-21(28)24-13-16-6-4-15(5-7-16)12-19(23)20(27)25-18-10-8-17(14-26)9-11-18/h8-11,15-16,19,26H,4-7,12-14,23H2,1-3H3,(H,24,28)(H,25,27)/t15-,16-,19?. The molecule has 1 saturated carbocycles. The molecule has 0 saturated heterocycles. The Hall–Kier alpha value is -2.12. The van der Waals surface area contributed by atoms with E-state index in [4.69, 9.17) is 15.6 Å². The van der Waals surface area contributed by atoms with E-state index < -0.39 is 11.6 Å². The number of anilines is 1. The summed E-state index contributed by atoms with van der Waals surface area (Å²) in [6.45, 7) is 6.14. The maximum Gasteiger partial charge on any atom is 0.407 e. The summed E-state index contributed by atoms with van der Waals surface area (Å²) in [6, 6.07) is 6.52. The number of carbonyl (C=O) groups is 2. The van der Waals surface area contributed by atoms with E-state index in [1.54, 1.807) is 24.3 Å². The van der Waals surface area contributed by atoms with Gasteiger partial charge >= 0.3 is 6.09 Å². The van der Waals surface area contributed by atoms with Crippen molar-refractivity contribution in [2.24, 2.45) is 17.6 Å². The van der Waals surface area contributed by atoms with Crippen LogP contribution in [0, 0.1) is 11.8 Å². The van der Waals surface area contributed by atoms with Crippen molar-refractivity contribution in [3.8, 4) is 0 Å². The molecule has 1 atom stereocenters. The first-order valence-electron chi connectivity index (χ1n) is 10.4. The number of benzene rings is 1. The van der Waals surface area contributed by atoms with Gasteiger partial charge in [-0.3, -0.25) is 4.79 Å². The Morgan fingerprint density at radius 2 is 1.72 bits per heavy atom. The molecule has 1 aliphatic carbocycles. The number of aliphatic hydroxyl groups is 1. The first kappa shape index (κ1) is 23.2. The van der Waals surface area contributed by atoms with Crippen molar-refractivity contribution in [1.82, 2.24) is 5.32 Å². The molecular weight excluding hydrogens is 370 g/mol. The normalized spacial score (nSPS) is 20.6. The predicted octanol–water partition coefficient (Wildman–Crippen LogP) is 3.17. The van der Waals surface area contributed by atoms with Gasteiger partial charge < -0.3 is 26.2 Å². The van der Waals surface area contributed by atoms with Gasteiger partial charge in [0.25, 0.3) is 0 Å². The van der Waals surface area contributed by atoms with Gasteiger partial charge in [-0.15, -0.1) is 0 Å². The highest BCUT2D eigenvalue weighted by atomic mass is 16.6. The van der Waals surface area contributed by atoms with Crippen molar-refractivity contribution in [2.75, 3.05) is 11.9 Å². The fourth-order valence-electron chi connectivity index (χ4n) is 3.61. The Balaban J connectivity index is 1.68. The average Bonchev–Trinajstić information content (AvgIpc) is 2.66. The van der Waals surface area contributed by atoms with E-state index in [0.29, 0.717) is 30.5 Å². The Bertz CT molecular complexity index is 662. The van der Waals surface area contributed by atoms with Crippen LogP contribution in [-0.2, 0) is 16.1 Å². The van der Waals surface area contributed by atoms with E-state index in [9.17, 15) is 9.59 Å². The summed E-state index contributed by atoms with van der Waals surface area (Å²) in [5.41, 5.74) is 7.11. The highest BCUT2D eigenvalue weighted by molar-refractivity contribution is 5.94. The third-order valence-corrected chi connectivity index (χ3v) is 5.23. The minimum absolute atomic E-state index is 0.0241. The zero-order valence-electron chi connectivity index (χ0n) is 17.7. The molecule has 0 heterocycles. The summed E-state index contributed by atoms with van der Waals surface area (Å²) in [5.74, 6) is 0.676. The molecule has 162 valence electrons. The van der Waals surface area contributed by atoms with Gasteiger partial charge in [0.05, 0.1) is 12.6 Å². The average molecular weight is 406 g/mol. The van der Waals surface area contributed by atoms with Gasteiger partial charge in [0.2, 0.25) is 5.91 Å². The number of hydrogen-bond acceptors (Lipinski definition) is 5. The number of ether oxygens (including phenoxy) is 1. The number of nitrogens with one attached hydrogen (secondary N) is 2. The monoisotopic (exact) mass is 405 g/mol. The molecule has 0 aliphatic heterocycles. The van der Waals surface area contributed by atoms with Crippen LogP contribution in [-0.4, -0.2) is 35.3 Å². The molecule has 1 aromatic carbocycles. The third-order valence-electron chi connectivity index (χ3n) is 5.23. The number of aliphatic hydroxyl groups excluding tert-OH is 1. The third kappa shape index (κ3) is 8.41. The Kier molecular flexibility index (Phi) is 8.46. The summed E-state index contributed by atoms with van der Waals surface area (Å²) >= 11 is 0. The topological polar surface area (TPSA) is 114 Å². The molecule has 5 N–H and O–H groups in total. The summed E-state index contributed by atoms with van der Waals surface area (Å²) in [4.78, 5) is 24.1. The van der Waals surface area contributed by atoms with Crippen molar-refractivity contribution in [3.63, 3.8) is 0 Å². The molecule has 0 radical (unpaired) electrons. The number of alkyl carbamates (subject to hydrolysis) is 1. The fourth-order valence-corrected chi connectivity index (χ4v) is 3.61. The number of rotatable bonds is 7. The van der Waals surface area contributed by atoms with Crippen LogP contribution in [0.2, 0.25) is 0 Å². The summed E-state index contributed by atoms with van der Waals surface area (Å²) in [5, 5.41) is 14.8. The van der Waals surface area contributed by atoms with Crippen LogP contribution in [0.25, 0.3) is 0 Å². The Morgan fingerprint density at radius 3 is 2.28 bits per heavy atom. The maximum atomic E-state index is 12.3. The fraction of sp³-hybridized carbons (Fsp3) is 0.636. The van der Waals surface area contributed by atoms with E-state index in [2.05, 4.69) is 10.6 Å². The van der Waals surface area contributed by atoms with Crippen LogP contribution >= 0.6 is 0 Å². The highest BCUT2D eigenvalue weighted by Crippen LogP contribution is 2.31. The number of hydrogen-bond donors (Lipinski definition) is 4. The maximum absolute atomic E-state index is 12.3. The van der Waals surface area contributed by atoms with E-state index in [1.807, 2.05) is 20.8 Å². The summed E-state index contributed by atoms with van der Waals surface area (Å²) in [6.07, 6.45) is 4.33. The van der Waals surface area contributed by atoms with Crippen molar-refractivity contribution >= 4 is 17.7 Å². The lowest BCUT2D eigenvalue weighted by molar-refractivity contribution is -0.117. The van der Waals surface area contributed by atoms with E-state index >= 15 is 0 Å². The van der Waals surface area contributed by atoms with Gasteiger partial charge in [-0.25, -0.2) is 4.79 Å². The van der Waals surface area contributed by atoms with E-state index in [1.165, 1.54) is 0 Å². The molecule has 2 rings (SSSR count). The molecule has 1 aromatic rings. The zero-order chi connectivity index (χ0) is 21.4. The van der Waals surface area contributed by atoms with Gasteiger partial charge in [0.15, 0.2) is 0 Å². The van der Waals surface area contributed by atoms with Gasteiger partial charge in [0, 0.05) is 12.2 Å². The quantitative estimate of drug-likeness (QED) is 0.556. The molecule has 1 fully saturated rings. The lowest BCUT2D eigenvalue weighted by atomic mass is 9.79. The second-order valence-electron chi connectivity index (χ2n) is 8.96. The van der Waals surface area contributed by atoms with Crippen LogP contribution in [0.4, 0.5) is 10.5 Å². The van der Waals surface area contributed by atoms with Crippen molar-refractivity contribution in [1.29, 1.82) is 0 Å². The van der Waals surface area contributed by atoms with Crippen LogP contribution in [0.1, 0.15) is 58.4 Å². The van der Waals surface area contributed by atoms with Gasteiger partial charge in [-0.1, -0.05) is 25.0 Å². The van der Waals surface area contributed by atoms with Crippen LogP contribution < -0.4 is 16.4 Å². The molecule has 1 aliphatic rings. The summed E-state index contributed by atoms with van der Waals surface area (Å²) < 4.78 is 5.27.